The van der Waals surface area contributed by atoms with Crippen LogP contribution in [-0.2, 0) is 11.3 Å². The third kappa shape index (κ3) is 5.13. The van der Waals surface area contributed by atoms with Crippen molar-refractivity contribution in [1.82, 2.24) is 15.2 Å². The van der Waals surface area contributed by atoms with E-state index in [1.807, 2.05) is 0 Å². The Balaban J connectivity index is 2.51. The Labute approximate surface area is 116 Å². The predicted octanol–water partition coefficient (Wildman–Crippen LogP) is 0.352. The van der Waals surface area contributed by atoms with Gasteiger partial charge in [0, 0.05) is 19.0 Å². The number of rotatable bonds is 5. The van der Waals surface area contributed by atoms with Crippen molar-refractivity contribution in [2.75, 3.05) is 20.1 Å². The number of thiazole rings is 1. The van der Waals surface area contributed by atoms with E-state index in [1.54, 1.807) is 5.32 Å². The lowest BCUT2D eigenvalue weighted by atomic mass is 10.4. The van der Waals surface area contributed by atoms with Crippen molar-refractivity contribution in [2.24, 2.45) is 5.73 Å². The predicted molar refractivity (Wildman–Crippen MR) is 66.0 cm³/mol. The highest BCUT2D eigenvalue weighted by Gasteiger charge is 2.28. The van der Waals surface area contributed by atoms with Crippen LogP contribution in [0.5, 0.6) is 0 Å². The SMILES string of the molecule is CN(CC(=O)NCC(F)(F)F)C(=O)c1csc(CN)n1. The summed E-state index contributed by atoms with van der Waals surface area (Å²) in [4.78, 5) is 28.0. The molecule has 0 aliphatic heterocycles. The number of nitrogens with zero attached hydrogens (tertiary/aromatic N) is 2. The van der Waals surface area contributed by atoms with Crippen LogP contribution in [-0.4, -0.2) is 48.0 Å². The van der Waals surface area contributed by atoms with Crippen LogP contribution in [0.3, 0.4) is 0 Å². The minimum atomic E-state index is -4.48. The average molecular weight is 310 g/mol. The Morgan fingerprint density at radius 3 is 2.65 bits per heavy atom. The standard InChI is InChI=1S/C10H13F3N4O2S/c1-17(3-7(18)15-5-10(11,12)13)9(19)6-4-20-8(2-14)16-6/h4H,2-3,5,14H2,1H3,(H,15,18). The summed E-state index contributed by atoms with van der Waals surface area (Å²) in [5.41, 5.74) is 5.47. The summed E-state index contributed by atoms with van der Waals surface area (Å²) in [6.07, 6.45) is -4.48. The summed E-state index contributed by atoms with van der Waals surface area (Å²) in [5, 5.41) is 3.72. The molecule has 0 aliphatic rings. The van der Waals surface area contributed by atoms with Gasteiger partial charge in [0.15, 0.2) is 0 Å². The number of hydrogen-bond donors (Lipinski definition) is 2. The van der Waals surface area contributed by atoms with Crippen LogP contribution >= 0.6 is 11.3 Å². The highest BCUT2D eigenvalue weighted by atomic mass is 32.1. The summed E-state index contributed by atoms with van der Waals surface area (Å²) in [6, 6.07) is 0. The van der Waals surface area contributed by atoms with Crippen molar-refractivity contribution in [3.8, 4) is 0 Å². The number of likely N-dealkylation sites (N-methyl/N-ethyl adjacent to an activating group) is 1. The van der Waals surface area contributed by atoms with Crippen molar-refractivity contribution < 1.29 is 22.8 Å². The van der Waals surface area contributed by atoms with Gasteiger partial charge in [0.25, 0.3) is 5.91 Å². The van der Waals surface area contributed by atoms with Gasteiger partial charge in [-0.1, -0.05) is 0 Å². The normalized spacial score (nSPS) is 11.2. The van der Waals surface area contributed by atoms with Crippen LogP contribution in [0.25, 0.3) is 0 Å². The number of halogens is 3. The minimum absolute atomic E-state index is 0.113. The smallest absolute Gasteiger partial charge is 0.345 e. The van der Waals surface area contributed by atoms with Crippen LogP contribution in [0.1, 0.15) is 15.5 Å². The first-order valence-electron chi connectivity index (χ1n) is 5.46. The molecule has 0 bridgehead atoms. The van der Waals surface area contributed by atoms with Crippen LogP contribution in [0.15, 0.2) is 5.38 Å². The van der Waals surface area contributed by atoms with Gasteiger partial charge in [-0.25, -0.2) is 4.98 Å². The lowest BCUT2D eigenvalue weighted by Gasteiger charge is -2.16. The fourth-order valence-corrected chi connectivity index (χ4v) is 1.89. The maximum Gasteiger partial charge on any atom is 0.405 e. The summed E-state index contributed by atoms with van der Waals surface area (Å²) in [6.45, 7) is -1.72. The topological polar surface area (TPSA) is 88.3 Å². The van der Waals surface area contributed by atoms with Gasteiger partial charge in [0.1, 0.15) is 17.2 Å². The molecule has 0 spiro atoms. The largest absolute Gasteiger partial charge is 0.405 e. The fraction of sp³-hybridized carbons (Fsp3) is 0.500. The number of alkyl halides is 3. The van der Waals surface area contributed by atoms with Crippen molar-refractivity contribution in [3.05, 3.63) is 16.1 Å². The van der Waals surface area contributed by atoms with E-state index in [0.29, 0.717) is 5.01 Å². The second-order valence-electron chi connectivity index (χ2n) is 3.88. The number of nitrogens with two attached hydrogens (primary N) is 1. The van der Waals surface area contributed by atoms with Gasteiger partial charge >= 0.3 is 6.18 Å². The molecule has 0 fully saturated rings. The molecule has 0 atom stereocenters. The van der Waals surface area contributed by atoms with Crippen LogP contribution < -0.4 is 11.1 Å². The van der Waals surface area contributed by atoms with Crippen LogP contribution in [0, 0.1) is 0 Å². The Kier molecular flexibility index (Phi) is 5.45. The molecule has 3 N–H and O–H groups in total. The first kappa shape index (κ1) is 16.4. The fourth-order valence-electron chi connectivity index (χ4n) is 1.24. The molecule has 0 saturated heterocycles. The van der Waals surface area contributed by atoms with Gasteiger partial charge < -0.3 is 16.0 Å². The number of carbonyl (C=O) groups excluding carboxylic acids is 2. The quantitative estimate of drug-likeness (QED) is 0.821. The monoisotopic (exact) mass is 310 g/mol. The summed E-state index contributed by atoms with van der Waals surface area (Å²) >= 11 is 1.19. The van der Waals surface area contributed by atoms with Crippen molar-refractivity contribution >= 4 is 23.2 Å². The maximum atomic E-state index is 11.9. The molecule has 20 heavy (non-hydrogen) atoms. The second kappa shape index (κ2) is 6.66. The molecule has 1 aromatic heterocycles. The number of nitrogens with one attached hydrogen (secondary N) is 1. The zero-order valence-electron chi connectivity index (χ0n) is 10.5. The van der Waals surface area contributed by atoms with E-state index in [-0.39, 0.29) is 12.2 Å². The van der Waals surface area contributed by atoms with Crippen molar-refractivity contribution in [1.29, 1.82) is 0 Å². The van der Waals surface area contributed by atoms with Crippen LogP contribution in [0.4, 0.5) is 13.2 Å². The molecule has 1 rings (SSSR count). The zero-order valence-corrected chi connectivity index (χ0v) is 11.3. The average Bonchev–Trinajstić information content (AvgIpc) is 2.83. The maximum absolute atomic E-state index is 11.9. The molecular formula is C10H13F3N4O2S. The van der Waals surface area contributed by atoms with E-state index < -0.39 is 31.1 Å². The molecule has 2 amide bonds. The van der Waals surface area contributed by atoms with E-state index in [2.05, 4.69) is 4.98 Å². The van der Waals surface area contributed by atoms with E-state index in [4.69, 9.17) is 5.73 Å². The molecule has 6 nitrogen and oxygen atoms in total. The molecule has 1 aromatic rings. The van der Waals surface area contributed by atoms with Gasteiger partial charge in [0.05, 0.1) is 6.54 Å². The van der Waals surface area contributed by atoms with E-state index in [0.717, 1.165) is 4.90 Å². The molecule has 0 unspecified atom stereocenters. The lowest BCUT2D eigenvalue weighted by molar-refractivity contribution is -0.138. The van der Waals surface area contributed by atoms with Gasteiger partial charge in [0.2, 0.25) is 5.91 Å². The molecule has 0 aliphatic carbocycles. The third-order valence-corrected chi connectivity index (χ3v) is 3.03. The number of hydrogen-bond acceptors (Lipinski definition) is 5. The third-order valence-electron chi connectivity index (χ3n) is 2.16. The molecule has 0 saturated carbocycles. The van der Waals surface area contributed by atoms with Gasteiger partial charge in [-0.2, -0.15) is 13.2 Å². The van der Waals surface area contributed by atoms with Gasteiger partial charge in [-0.05, 0) is 0 Å². The molecule has 112 valence electrons. The van der Waals surface area contributed by atoms with E-state index >= 15 is 0 Å². The highest BCUT2D eigenvalue weighted by molar-refractivity contribution is 7.09. The van der Waals surface area contributed by atoms with Gasteiger partial charge in [-0.3, -0.25) is 9.59 Å². The summed E-state index contributed by atoms with van der Waals surface area (Å²) in [7, 11) is 1.30. The minimum Gasteiger partial charge on any atom is -0.345 e. The van der Waals surface area contributed by atoms with Crippen LogP contribution in [0.2, 0.25) is 0 Å². The Morgan fingerprint density at radius 1 is 1.50 bits per heavy atom. The highest BCUT2D eigenvalue weighted by Crippen LogP contribution is 2.12. The first-order valence-corrected chi connectivity index (χ1v) is 6.34. The number of amides is 2. The first-order chi connectivity index (χ1) is 9.23. The second-order valence-corrected chi connectivity index (χ2v) is 4.83. The van der Waals surface area contributed by atoms with Gasteiger partial charge in [-0.15, -0.1) is 11.3 Å². The van der Waals surface area contributed by atoms with Crippen molar-refractivity contribution in [2.45, 2.75) is 12.7 Å². The Hall–Kier alpha value is -1.68. The molecule has 0 radical (unpaired) electrons. The van der Waals surface area contributed by atoms with E-state index in [9.17, 15) is 22.8 Å². The Bertz CT molecular complexity index is 489. The number of aromatic nitrogens is 1. The lowest BCUT2D eigenvalue weighted by Crippen LogP contribution is -2.41. The summed E-state index contributed by atoms with van der Waals surface area (Å²) in [5.74, 6) is -1.45. The number of carbonyl (C=O) groups is 2. The van der Waals surface area contributed by atoms with E-state index in [1.165, 1.54) is 23.8 Å². The Morgan fingerprint density at radius 2 is 2.15 bits per heavy atom. The molecular weight excluding hydrogens is 297 g/mol. The van der Waals surface area contributed by atoms with Crippen molar-refractivity contribution in [3.63, 3.8) is 0 Å². The molecule has 1 heterocycles. The summed E-state index contributed by atoms with van der Waals surface area (Å²) < 4.78 is 35.7. The molecule has 0 aromatic carbocycles. The molecule has 10 heteroatoms. The zero-order chi connectivity index (χ0) is 15.3.